The Hall–Kier alpha value is -2.48. The second kappa shape index (κ2) is 6.11. The molecule has 1 aromatic heterocycles. The molecule has 2 fully saturated rings. The number of piperazine rings is 1. The fourth-order valence-electron chi connectivity index (χ4n) is 3.53. The molecule has 1 unspecified atom stereocenters. The topological polar surface area (TPSA) is 71.7 Å². The number of fused-ring (bicyclic) bond motifs is 1. The zero-order valence-electron chi connectivity index (χ0n) is 13.9. The number of cyclic esters (lactones) is 1. The van der Waals surface area contributed by atoms with Crippen LogP contribution in [0.4, 0.5) is 9.18 Å². The lowest BCUT2D eigenvalue weighted by Crippen LogP contribution is -2.60. The van der Waals surface area contributed by atoms with Crippen LogP contribution in [0.15, 0.2) is 28.7 Å². The van der Waals surface area contributed by atoms with Gasteiger partial charge in [-0.15, -0.1) is 10.2 Å². The van der Waals surface area contributed by atoms with Crippen molar-refractivity contribution in [2.45, 2.75) is 25.4 Å². The smallest absolute Gasteiger partial charge is 0.410 e. The summed E-state index contributed by atoms with van der Waals surface area (Å²) in [6, 6.07) is 6.07. The Morgan fingerprint density at radius 1 is 1.32 bits per heavy atom. The van der Waals surface area contributed by atoms with E-state index in [1.165, 1.54) is 12.1 Å². The molecular formula is C17H19FN4O3. The highest BCUT2D eigenvalue weighted by Gasteiger charge is 2.49. The van der Waals surface area contributed by atoms with E-state index in [1.54, 1.807) is 12.1 Å². The maximum atomic E-state index is 13.3. The maximum absolute atomic E-state index is 13.3. The molecule has 2 aliphatic rings. The highest BCUT2D eigenvalue weighted by molar-refractivity contribution is 5.71. The molecule has 7 nitrogen and oxygen atoms in total. The van der Waals surface area contributed by atoms with Crippen LogP contribution in [0.2, 0.25) is 0 Å². The molecule has 8 heteroatoms. The molecule has 2 aliphatic heterocycles. The van der Waals surface area contributed by atoms with Gasteiger partial charge in [-0.3, -0.25) is 9.80 Å². The van der Waals surface area contributed by atoms with Gasteiger partial charge >= 0.3 is 6.09 Å². The Kier molecular flexibility index (Phi) is 3.91. The molecule has 0 bridgehead atoms. The van der Waals surface area contributed by atoms with Crippen LogP contribution in [0.25, 0.3) is 11.5 Å². The van der Waals surface area contributed by atoms with Gasteiger partial charge in [0.05, 0.1) is 12.1 Å². The first kappa shape index (κ1) is 16.0. The number of rotatable bonds is 4. The first-order valence-corrected chi connectivity index (χ1v) is 8.35. The van der Waals surface area contributed by atoms with E-state index in [0.717, 1.165) is 6.42 Å². The van der Waals surface area contributed by atoms with Gasteiger partial charge in [-0.1, -0.05) is 13.0 Å². The van der Waals surface area contributed by atoms with Gasteiger partial charge in [-0.25, -0.2) is 9.18 Å². The summed E-state index contributed by atoms with van der Waals surface area (Å²) in [7, 11) is 0. The number of halogens is 1. The van der Waals surface area contributed by atoms with Gasteiger partial charge in [0, 0.05) is 25.2 Å². The van der Waals surface area contributed by atoms with Crippen molar-refractivity contribution >= 4 is 6.09 Å². The predicted octanol–water partition coefficient (Wildman–Crippen LogP) is 2.29. The van der Waals surface area contributed by atoms with Crippen molar-refractivity contribution in [2.24, 2.45) is 0 Å². The molecular weight excluding hydrogens is 327 g/mol. The van der Waals surface area contributed by atoms with Crippen LogP contribution in [-0.2, 0) is 11.3 Å². The van der Waals surface area contributed by atoms with Gasteiger partial charge in [-0.05, 0) is 24.6 Å². The summed E-state index contributed by atoms with van der Waals surface area (Å²) >= 11 is 0. The van der Waals surface area contributed by atoms with E-state index in [4.69, 9.17) is 9.15 Å². The fraction of sp³-hybridized carbons (Fsp3) is 0.471. The quantitative estimate of drug-likeness (QED) is 0.846. The average molecular weight is 346 g/mol. The van der Waals surface area contributed by atoms with E-state index in [2.05, 4.69) is 22.0 Å². The summed E-state index contributed by atoms with van der Waals surface area (Å²) in [4.78, 5) is 15.9. The Morgan fingerprint density at radius 3 is 3.00 bits per heavy atom. The van der Waals surface area contributed by atoms with Crippen LogP contribution in [0.3, 0.4) is 0 Å². The summed E-state index contributed by atoms with van der Waals surface area (Å²) in [6.45, 7) is 5.01. The van der Waals surface area contributed by atoms with Crippen molar-refractivity contribution in [2.75, 3.05) is 26.2 Å². The number of ether oxygens (including phenoxy) is 1. The Bertz CT molecular complexity index is 796. The minimum atomic E-state index is -0.343. The third-order valence-electron chi connectivity index (χ3n) is 4.97. The van der Waals surface area contributed by atoms with E-state index < -0.39 is 0 Å². The highest BCUT2D eigenvalue weighted by Crippen LogP contribution is 2.32. The lowest BCUT2D eigenvalue weighted by Gasteiger charge is -2.43. The Morgan fingerprint density at radius 2 is 2.20 bits per heavy atom. The Balaban J connectivity index is 1.47. The summed E-state index contributed by atoms with van der Waals surface area (Å²) in [5.41, 5.74) is 0.282. The number of hydrogen-bond donors (Lipinski definition) is 0. The second-order valence-corrected chi connectivity index (χ2v) is 6.51. The molecule has 0 saturated carbocycles. The van der Waals surface area contributed by atoms with Gasteiger partial charge in [0.1, 0.15) is 12.4 Å². The van der Waals surface area contributed by atoms with Gasteiger partial charge in [-0.2, -0.15) is 0 Å². The lowest BCUT2D eigenvalue weighted by molar-refractivity contribution is 0.0408. The molecule has 25 heavy (non-hydrogen) atoms. The number of carbonyl (C=O) groups is 1. The predicted molar refractivity (Wildman–Crippen MR) is 86.0 cm³/mol. The van der Waals surface area contributed by atoms with E-state index in [1.807, 2.05) is 4.90 Å². The molecule has 2 aromatic rings. The van der Waals surface area contributed by atoms with Crippen molar-refractivity contribution in [3.8, 4) is 11.5 Å². The maximum Gasteiger partial charge on any atom is 0.410 e. The van der Waals surface area contributed by atoms with Crippen LogP contribution in [0, 0.1) is 5.82 Å². The van der Waals surface area contributed by atoms with Gasteiger partial charge < -0.3 is 9.15 Å². The highest BCUT2D eigenvalue weighted by atomic mass is 19.1. The molecule has 0 aliphatic carbocycles. The number of carbonyl (C=O) groups excluding carboxylic acids is 1. The molecule has 0 radical (unpaired) electrons. The van der Waals surface area contributed by atoms with Crippen molar-refractivity contribution in [1.29, 1.82) is 0 Å². The fourth-order valence-corrected chi connectivity index (χ4v) is 3.53. The zero-order valence-corrected chi connectivity index (χ0v) is 13.9. The molecule has 132 valence electrons. The second-order valence-electron chi connectivity index (χ2n) is 6.51. The first-order valence-electron chi connectivity index (χ1n) is 8.35. The van der Waals surface area contributed by atoms with Gasteiger partial charge in [0.25, 0.3) is 0 Å². The molecule has 2 saturated heterocycles. The van der Waals surface area contributed by atoms with E-state index in [0.29, 0.717) is 50.1 Å². The van der Waals surface area contributed by atoms with E-state index in [-0.39, 0.29) is 17.4 Å². The van der Waals surface area contributed by atoms with Crippen LogP contribution < -0.4 is 0 Å². The van der Waals surface area contributed by atoms with Gasteiger partial charge in [0.15, 0.2) is 0 Å². The number of aromatic nitrogens is 2. The SMILES string of the molecule is CCC12COC(=O)N1CCN(Cc1nnc(-c3cccc(F)c3)o1)C2. The number of amides is 1. The molecule has 1 aromatic carbocycles. The molecule has 0 N–H and O–H groups in total. The average Bonchev–Trinajstić information content (AvgIpc) is 3.20. The van der Waals surface area contributed by atoms with Crippen molar-refractivity contribution in [1.82, 2.24) is 20.0 Å². The number of hydrogen-bond acceptors (Lipinski definition) is 6. The van der Waals surface area contributed by atoms with Crippen molar-refractivity contribution in [3.63, 3.8) is 0 Å². The summed E-state index contributed by atoms with van der Waals surface area (Å²) in [5.74, 6) is 0.436. The molecule has 1 atom stereocenters. The number of nitrogens with zero attached hydrogens (tertiary/aromatic N) is 4. The summed E-state index contributed by atoms with van der Waals surface area (Å²) < 4.78 is 24.3. The molecule has 1 amide bonds. The molecule has 4 rings (SSSR count). The lowest BCUT2D eigenvalue weighted by atomic mass is 9.93. The van der Waals surface area contributed by atoms with Crippen LogP contribution in [0.5, 0.6) is 0 Å². The van der Waals surface area contributed by atoms with E-state index >= 15 is 0 Å². The minimum Gasteiger partial charge on any atom is -0.447 e. The van der Waals surface area contributed by atoms with Crippen molar-refractivity contribution in [3.05, 3.63) is 36.0 Å². The number of benzene rings is 1. The van der Waals surface area contributed by atoms with Crippen LogP contribution >= 0.6 is 0 Å². The molecule has 3 heterocycles. The standard InChI is InChI=1S/C17H19FN4O3/c1-2-17-10-21(6-7-22(17)16(23)24-11-17)9-14-19-20-15(25-14)12-4-3-5-13(18)8-12/h3-5,8H,2,6-7,9-11H2,1H3. The minimum absolute atomic E-state index is 0.229. The largest absolute Gasteiger partial charge is 0.447 e. The third kappa shape index (κ3) is 2.86. The third-order valence-corrected chi connectivity index (χ3v) is 4.97. The summed E-state index contributed by atoms with van der Waals surface area (Å²) in [5, 5.41) is 8.08. The first-order chi connectivity index (χ1) is 12.1. The zero-order chi connectivity index (χ0) is 17.4. The Labute approximate surface area is 144 Å². The van der Waals surface area contributed by atoms with E-state index in [9.17, 15) is 9.18 Å². The van der Waals surface area contributed by atoms with Crippen LogP contribution in [0.1, 0.15) is 19.2 Å². The van der Waals surface area contributed by atoms with Crippen LogP contribution in [-0.4, -0.2) is 57.9 Å². The molecule has 0 spiro atoms. The monoisotopic (exact) mass is 346 g/mol. The normalized spacial score (nSPS) is 23.6. The van der Waals surface area contributed by atoms with Gasteiger partial charge in [0.2, 0.25) is 11.8 Å². The summed E-state index contributed by atoms with van der Waals surface area (Å²) in [6.07, 6.45) is 0.598. The van der Waals surface area contributed by atoms with Crippen molar-refractivity contribution < 1.29 is 18.3 Å².